The van der Waals surface area contributed by atoms with E-state index in [1.54, 1.807) is 0 Å². The second kappa shape index (κ2) is 9.54. The Hall–Kier alpha value is -3.89. The largest absolute Gasteiger partial charge is 0.348 e. The predicted molar refractivity (Wildman–Crippen MR) is 138 cm³/mol. The van der Waals surface area contributed by atoms with E-state index < -0.39 is 0 Å². The molecule has 3 aromatic carbocycles. The van der Waals surface area contributed by atoms with Crippen LogP contribution in [0, 0.1) is 0 Å². The Morgan fingerprint density at radius 3 is 2.29 bits per heavy atom. The number of benzene rings is 3. The van der Waals surface area contributed by atoms with E-state index >= 15 is 0 Å². The first-order valence-electron chi connectivity index (χ1n) is 11.3. The first-order valence-corrected chi connectivity index (χ1v) is 11.7. The van der Waals surface area contributed by atoms with Gasteiger partial charge in [-0.25, -0.2) is 4.52 Å². The number of fused-ring (bicyclic) bond motifs is 1. The van der Waals surface area contributed by atoms with Crippen LogP contribution < -0.4 is 5.32 Å². The van der Waals surface area contributed by atoms with Gasteiger partial charge in [0.25, 0.3) is 5.91 Å². The molecule has 0 fully saturated rings. The lowest BCUT2D eigenvalue weighted by Crippen LogP contribution is -2.25. The number of aromatic nitrogens is 2. The molecule has 2 heterocycles. The molecule has 4 nitrogen and oxygen atoms in total. The Morgan fingerprint density at radius 1 is 0.882 bits per heavy atom. The van der Waals surface area contributed by atoms with Crippen LogP contribution in [0.15, 0.2) is 97.1 Å². The Kier molecular flexibility index (Phi) is 6.15. The zero-order chi connectivity index (χ0) is 23.5. The van der Waals surface area contributed by atoms with Gasteiger partial charge in [0.1, 0.15) is 5.69 Å². The smallest absolute Gasteiger partial charge is 0.254 e. The van der Waals surface area contributed by atoms with Gasteiger partial charge >= 0.3 is 0 Å². The molecule has 5 heteroatoms. The summed E-state index contributed by atoms with van der Waals surface area (Å²) < 4.78 is 1.95. The fraction of sp³-hybridized carbons (Fsp3) is 0.103. The topological polar surface area (TPSA) is 46.4 Å². The molecule has 0 unspecified atom stereocenters. The number of amides is 1. The quantitative estimate of drug-likeness (QED) is 0.299. The van der Waals surface area contributed by atoms with Crippen molar-refractivity contribution >= 4 is 23.0 Å². The standard InChI is InChI=1S/C29H24ClN3O/c1-2-24-16-17-25-26(22-14-9-15-23(30)18-22)27(29(34)31-19-20-10-5-3-6-11-20)28(32-33(24)25)21-12-7-4-8-13-21/h3-18H,2,19H2,1H3,(H,31,34). The zero-order valence-corrected chi connectivity index (χ0v) is 19.6. The van der Waals surface area contributed by atoms with Gasteiger partial charge in [-0.15, -0.1) is 0 Å². The highest BCUT2D eigenvalue weighted by molar-refractivity contribution is 6.31. The van der Waals surface area contributed by atoms with Crippen molar-refractivity contribution in [3.8, 4) is 22.4 Å². The third-order valence-corrected chi connectivity index (χ3v) is 6.16. The Morgan fingerprint density at radius 2 is 1.59 bits per heavy atom. The summed E-state index contributed by atoms with van der Waals surface area (Å²) in [6.07, 6.45) is 0.823. The summed E-state index contributed by atoms with van der Waals surface area (Å²) in [6.45, 7) is 2.53. The van der Waals surface area contributed by atoms with Crippen LogP contribution in [0.25, 0.3) is 27.9 Å². The van der Waals surface area contributed by atoms with Crippen LogP contribution in [0.4, 0.5) is 0 Å². The SMILES string of the molecule is CCc1ccc2c(-c3cccc(Cl)c3)c(C(=O)NCc3ccccc3)c(-c3ccccc3)nn12. The average Bonchev–Trinajstić information content (AvgIpc) is 3.30. The second-order valence-corrected chi connectivity index (χ2v) is 8.55. The van der Waals surface area contributed by atoms with Crippen molar-refractivity contribution < 1.29 is 4.79 Å². The van der Waals surface area contributed by atoms with E-state index in [0.29, 0.717) is 22.8 Å². The third-order valence-electron chi connectivity index (χ3n) is 5.92. The van der Waals surface area contributed by atoms with Gasteiger partial charge in [-0.05, 0) is 41.8 Å². The fourth-order valence-electron chi connectivity index (χ4n) is 4.26. The number of halogens is 1. The van der Waals surface area contributed by atoms with E-state index in [1.165, 1.54) is 0 Å². The number of hydrogen-bond donors (Lipinski definition) is 1. The van der Waals surface area contributed by atoms with Gasteiger partial charge in [-0.1, -0.05) is 91.3 Å². The van der Waals surface area contributed by atoms with E-state index in [2.05, 4.69) is 18.3 Å². The molecule has 168 valence electrons. The molecule has 0 bridgehead atoms. The summed E-state index contributed by atoms with van der Waals surface area (Å²) in [4.78, 5) is 13.8. The minimum atomic E-state index is -0.174. The number of carbonyl (C=O) groups excluding carboxylic acids is 1. The molecule has 5 rings (SSSR count). The zero-order valence-electron chi connectivity index (χ0n) is 18.8. The van der Waals surface area contributed by atoms with Gasteiger partial charge in [0, 0.05) is 28.4 Å². The number of nitrogens with zero attached hydrogens (tertiary/aromatic N) is 2. The van der Waals surface area contributed by atoms with Gasteiger partial charge in [0.05, 0.1) is 11.1 Å². The normalized spacial score (nSPS) is 11.0. The summed E-state index contributed by atoms with van der Waals surface area (Å²) in [5, 5.41) is 8.72. The summed E-state index contributed by atoms with van der Waals surface area (Å²) in [5.74, 6) is -0.174. The van der Waals surface area contributed by atoms with Gasteiger partial charge in [-0.3, -0.25) is 4.79 Å². The number of nitrogens with one attached hydrogen (secondary N) is 1. The van der Waals surface area contributed by atoms with Crippen LogP contribution in [0.3, 0.4) is 0 Å². The lowest BCUT2D eigenvalue weighted by atomic mass is 9.95. The van der Waals surface area contributed by atoms with Crippen LogP contribution in [-0.4, -0.2) is 15.5 Å². The molecule has 0 aliphatic rings. The molecule has 0 saturated carbocycles. The van der Waals surface area contributed by atoms with Crippen LogP contribution in [0.2, 0.25) is 5.02 Å². The van der Waals surface area contributed by atoms with Gasteiger partial charge in [0.2, 0.25) is 0 Å². The Balaban J connectivity index is 1.76. The van der Waals surface area contributed by atoms with Gasteiger partial charge in [-0.2, -0.15) is 5.10 Å². The number of aryl methyl sites for hydroxylation is 1. The van der Waals surface area contributed by atoms with Gasteiger partial charge < -0.3 is 5.32 Å². The first-order chi connectivity index (χ1) is 16.7. The third kappa shape index (κ3) is 4.20. The average molecular weight is 466 g/mol. The summed E-state index contributed by atoms with van der Waals surface area (Å²) in [7, 11) is 0. The van der Waals surface area contributed by atoms with Crippen LogP contribution in [0.5, 0.6) is 0 Å². The molecular weight excluding hydrogens is 442 g/mol. The van der Waals surface area contributed by atoms with Crippen molar-refractivity contribution in [3.63, 3.8) is 0 Å². The van der Waals surface area contributed by atoms with Crippen LogP contribution in [-0.2, 0) is 13.0 Å². The predicted octanol–water partition coefficient (Wildman–Crippen LogP) is 6.81. The van der Waals surface area contributed by atoms with E-state index in [9.17, 15) is 4.79 Å². The van der Waals surface area contributed by atoms with E-state index in [1.807, 2.05) is 95.5 Å². The minimum Gasteiger partial charge on any atom is -0.348 e. The maximum absolute atomic E-state index is 13.8. The number of rotatable bonds is 6. The fourth-order valence-corrected chi connectivity index (χ4v) is 4.45. The number of hydrogen-bond acceptors (Lipinski definition) is 2. The highest BCUT2D eigenvalue weighted by atomic mass is 35.5. The molecule has 2 aromatic heterocycles. The minimum absolute atomic E-state index is 0.174. The highest BCUT2D eigenvalue weighted by Crippen LogP contribution is 2.36. The van der Waals surface area contributed by atoms with E-state index in [0.717, 1.165) is 39.9 Å². The van der Waals surface area contributed by atoms with Crippen LogP contribution in [0.1, 0.15) is 28.5 Å². The summed E-state index contributed by atoms with van der Waals surface area (Å²) in [5.41, 5.74) is 6.75. The maximum atomic E-state index is 13.8. The molecule has 34 heavy (non-hydrogen) atoms. The van der Waals surface area contributed by atoms with E-state index in [4.69, 9.17) is 16.7 Å². The summed E-state index contributed by atoms with van der Waals surface area (Å²) in [6, 6.07) is 31.5. The van der Waals surface area contributed by atoms with Gasteiger partial charge in [0.15, 0.2) is 0 Å². The molecule has 1 N–H and O–H groups in total. The maximum Gasteiger partial charge on any atom is 0.254 e. The van der Waals surface area contributed by atoms with Crippen LogP contribution >= 0.6 is 11.6 Å². The molecule has 0 aliphatic heterocycles. The number of carbonyl (C=O) groups is 1. The Bertz CT molecular complexity index is 1460. The second-order valence-electron chi connectivity index (χ2n) is 8.12. The molecule has 0 radical (unpaired) electrons. The van der Waals surface area contributed by atoms with Crippen molar-refractivity contribution in [1.29, 1.82) is 0 Å². The molecule has 0 saturated heterocycles. The van der Waals surface area contributed by atoms with Crippen molar-refractivity contribution in [1.82, 2.24) is 14.9 Å². The molecule has 0 atom stereocenters. The lowest BCUT2D eigenvalue weighted by Gasteiger charge is -2.18. The first kappa shape index (κ1) is 21.9. The van der Waals surface area contributed by atoms with E-state index in [-0.39, 0.29) is 5.91 Å². The van der Waals surface area contributed by atoms with Crippen molar-refractivity contribution in [2.75, 3.05) is 0 Å². The molecule has 0 aliphatic carbocycles. The van der Waals surface area contributed by atoms with Crippen molar-refractivity contribution in [2.24, 2.45) is 0 Å². The molecule has 1 amide bonds. The Labute approximate surface area is 203 Å². The highest BCUT2D eigenvalue weighted by Gasteiger charge is 2.24. The lowest BCUT2D eigenvalue weighted by molar-refractivity contribution is 0.0952. The molecular formula is C29H24ClN3O. The van der Waals surface area contributed by atoms with Crippen molar-refractivity contribution in [3.05, 3.63) is 119 Å². The summed E-state index contributed by atoms with van der Waals surface area (Å²) >= 11 is 6.39. The van der Waals surface area contributed by atoms with Crippen molar-refractivity contribution in [2.45, 2.75) is 19.9 Å². The molecule has 5 aromatic rings. The monoisotopic (exact) mass is 465 g/mol. The molecule has 0 spiro atoms.